The molecule has 57 heavy (non-hydrogen) atoms. The molecule has 2 aliphatic carbocycles. The summed E-state index contributed by atoms with van der Waals surface area (Å²) in [5.74, 6) is 0. The van der Waals surface area contributed by atoms with Crippen molar-refractivity contribution in [2.45, 2.75) is 5.41 Å². The molecule has 2 heteroatoms. The summed E-state index contributed by atoms with van der Waals surface area (Å²) in [6.45, 7) is 0. The average Bonchev–Trinajstić information content (AvgIpc) is 3.91. The zero-order valence-corrected chi connectivity index (χ0v) is 31.1. The summed E-state index contributed by atoms with van der Waals surface area (Å²) in [6, 6.07) is 77.4. The second kappa shape index (κ2) is 12.3. The molecule has 1 aromatic heterocycles. The van der Waals surface area contributed by atoms with Gasteiger partial charge in [-0.1, -0.05) is 170 Å². The van der Waals surface area contributed by atoms with Crippen LogP contribution in [0.15, 0.2) is 217 Å². The van der Waals surface area contributed by atoms with E-state index in [4.69, 9.17) is 4.42 Å². The lowest BCUT2D eigenvalue weighted by molar-refractivity contribution is 0.669. The van der Waals surface area contributed by atoms with Gasteiger partial charge in [0.2, 0.25) is 0 Å². The van der Waals surface area contributed by atoms with E-state index in [1.54, 1.807) is 0 Å². The molecule has 12 rings (SSSR count). The van der Waals surface area contributed by atoms with Gasteiger partial charge in [-0.2, -0.15) is 0 Å². The first kappa shape index (κ1) is 31.9. The quantitative estimate of drug-likeness (QED) is 0.176. The van der Waals surface area contributed by atoms with Crippen LogP contribution in [0.5, 0.6) is 0 Å². The van der Waals surface area contributed by atoms with Gasteiger partial charge >= 0.3 is 0 Å². The largest absolute Gasteiger partial charge is 0.455 e. The highest BCUT2D eigenvalue weighted by Gasteiger charge is 2.52. The minimum Gasteiger partial charge on any atom is -0.455 e. The maximum absolute atomic E-state index is 6.76. The van der Waals surface area contributed by atoms with Gasteiger partial charge in [-0.3, -0.25) is 0 Å². The van der Waals surface area contributed by atoms with Crippen LogP contribution in [0.3, 0.4) is 0 Å². The molecule has 0 aliphatic heterocycles. The van der Waals surface area contributed by atoms with Crippen molar-refractivity contribution in [2.75, 3.05) is 4.90 Å². The maximum atomic E-state index is 6.76. The number of hydrogen-bond acceptors (Lipinski definition) is 2. The van der Waals surface area contributed by atoms with Crippen LogP contribution >= 0.6 is 0 Å². The Hall–Kier alpha value is -7.42. The van der Waals surface area contributed by atoms with Crippen molar-refractivity contribution in [2.24, 2.45) is 0 Å². The van der Waals surface area contributed by atoms with Gasteiger partial charge in [-0.15, -0.1) is 0 Å². The Balaban J connectivity index is 1.10. The first-order valence-electron chi connectivity index (χ1n) is 19.7. The molecule has 1 unspecified atom stereocenters. The lowest BCUT2D eigenvalue weighted by Crippen LogP contribution is -2.25. The van der Waals surface area contributed by atoms with Gasteiger partial charge in [0, 0.05) is 33.4 Å². The van der Waals surface area contributed by atoms with Crippen LogP contribution in [-0.2, 0) is 5.41 Å². The van der Waals surface area contributed by atoms with Crippen molar-refractivity contribution in [1.82, 2.24) is 0 Å². The van der Waals surface area contributed by atoms with E-state index in [-0.39, 0.29) is 0 Å². The fraction of sp³-hybridized carbons (Fsp3) is 0.0182. The van der Waals surface area contributed by atoms with E-state index in [1.165, 1.54) is 66.8 Å². The highest BCUT2D eigenvalue weighted by Crippen LogP contribution is 2.64. The van der Waals surface area contributed by atoms with E-state index in [2.05, 4.69) is 217 Å². The summed E-state index contributed by atoms with van der Waals surface area (Å²) in [5, 5.41) is 2.31. The molecular formula is C55H35NO. The molecule has 0 saturated heterocycles. The Morgan fingerprint density at radius 1 is 0.333 bits per heavy atom. The van der Waals surface area contributed by atoms with Gasteiger partial charge in [-0.25, -0.2) is 0 Å². The van der Waals surface area contributed by atoms with Crippen molar-refractivity contribution in [1.29, 1.82) is 0 Å². The predicted octanol–water partition coefficient (Wildman–Crippen LogP) is 14.7. The molecule has 9 aromatic carbocycles. The predicted molar refractivity (Wildman–Crippen MR) is 236 cm³/mol. The molecule has 0 fully saturated rings. The maximum Gasteiger partial charge on any atom is 0.143 e. The summed E-state index contributed by atoms with van der Waals surface area (Å²) < 4.78 is 6.76. The van der Waals surface area contributed by atoms with Crippen molar-refractivity contribution < 1.29 is 4.42 Å². The fourth-order valence-corrected chi connectivity index (χ4v) is 9.89. The highest BCUT2D eigenvalue weighted by molar-refractivity contribution is 6.13. The summed E-state index contributed by atoms with van der Waals surface area (Å²) in [7, 11) is 0. The third kappa shape index (κ3) is 4.59. The number of benzene rings is 9. The molecule has 0 N–H and O–H groups in total. The van der Waals surface area contributed by atoms with Crippen LogP contribution in [0.2, 0.25) is 0 Å². The summed E-state index contributed by atoms with van der Waals surface area (Å²) >= 11 is 0. The van der Waals surface area contributed by atoms with Crippen LogP contribution < -0.4 is 4.90 Å². The Labute approximate surface area is 331 Å². The van der Waals surface area contributed by atoms with Crippen LogP contribution in [-0.4, -0.2) is 0 Å². The number of hydrogen-bond donors (Lipinski definition) is 0. The second-order valence-corrected chi connectivity index (χ2v) is 15.2. The van der Waals surface area contributed by atoms with E-state index in [9.17, 15) is 0 Å². The molecule has 1 heterocycles. The van der Waals surface area contributed by atoms with E-state index < -0.39 is 5.41 Å². The van der Waals surface area contributed by atoms with Crippen LogP contribution in [0, 0.1) is 0 Å². The van der Waals surface area contributed by atoms with Crippen LogP contribution in [0.1, 0.15) is 22.3 Å². The van der Waals surface area contributed by atoms with E-state index in [1.807, 2.05) is 0 Å². The van der Waals surface area contributed by atoms with Crippen LogP contribution in [0.4, 0.5) is 17.1 Å². The van der Waals surface area contributed by atoms with Crippen molar-refractivity contribution in [3.63, 3.8) is 0 Å². The standard InChI is InChI=1S/C55H35NO/c1-3-15-36(16-4-1)38-19-13-21-40(33-38)56(41-22-14-20-39(34-41)37-17-5-2-6-18-37)42-29-31-50-47(35-42)43-23-7-10-26-48(43)55(50)49-27-11-8-25-46(49)53-51(55)32-30-45-44-24-9-12-28-52(44)57-54(45)53/h1-35H. The fourth-order valence-electron chi connectivity index (χ4n) is 9.89. The van der Waals surface area contributed by atoms with Crippen LogP contribution in [0.25, 0.3) is 66.4 Å². The van der Waals surface area contributed by atoms with Gasteiger partial charge in [-0.05, 0) is 104 Å². The molecule has 0 saturated carbocycles. The minimum atomic E-state index is -0.491. The lowest BCUT2D eigenvalue weighted by Gasteiger charge is -2.31. The van der Waals surface area contributed by atoms with Gasteiger partial charge in [0.25, 0.3) is 0 Å². The molecule has 0 bridgehead atoms. The Kier molecular flexibility index (Phi) is 6.88. The zero-order valence-electron chi connectivity index (χ0n) is 31.1. The smallest absolute Gasteiger partial charge is 0.143 e. The van der Waals surface area contributed by atoms with Crippen molar-refractivity contribution in [3.05, 3.63) is 235 Å². The van der Waals surface area contributed by atoms with Gasteiger partial charge in [0.05, 0.1) is 5.41 Å². The number of para-hydroxylation sites is 1. The Morgan fingerprint density at radius 2 is 0.860 bits per heavy atom. The summed E-state index contributed by atoms with van der Waals surface area (Å²) in [6.07, 6.45) is 0. The first-order valence-corrected chi connectivity index (χ1v) is 19.7. The third-order valence-electron chi connectivity index (χ3n) is 12.3. The van der Waals surface area contributed by atoms with E-state index >= 15 is 0 Å². The van der Waals surface area contributed by atoms with E-state index in [0.29, 0.717) is 0 Å². The van der Waals surface area contributed by atoms with Gasteiger partial charge < -0.3 is 9.32 Å². The minimum absolute atomic E-state index is 0.491. The topological polar surface area (TPSA) is 16.4 Å². The molecule has 10 aromatic rings. The molecule has 1 spiro atoms. The monoisotopic (exact) mass is 725 g/mol. The molecule has 2 nitrogen and oxygen atoms in total. The third-order valence-corrected chi connectivity index (χ3v) is 12.3. The molecular weight excluding hydrogens is 691 g/mol. The highest BCUT2D eigenvalue weighted by atomic mass is 16.3. The average molecular weight is 726 g/mol. The van der Waals surface area contributed by atoms with Crippen molar-refractivity contribution >= 4 is 39.0 Å². The summed E-state index contributed by atoms with van der Waals surface area (Å²) in [5.41, 5.74) is 19.6. The number of anilines is 3. The Morgan fingerprint density at radius 3 is 1.56 bits per heavy atom. The van der Waals surface area contributed by atoms with E-state index in [0.717, 1.165) is 39.0 Å². The molecule has 0 amide bonds. The lowest BCUT2D eigenvalue weighted by atomic mass is 9.70. The first-order chi connectivity index (χ1) is 28.3. The number of nitrogens with zero attached hydrogens (tertiary/aromatic N) is 1. The number of furan rings is 1. The van der Waals surface area contributed by atoms with Gasteiger partial charge in [0.1, 0.15) is 11.2 Å². The molecule has 266 valence electrons. The van der Waals surface area contributed by atoms with Crippen molar-refractivity contribution in [3.8, 4) is 44.5 Å². The second-order valence-electron chi connectivity index (χ2n) is 15.2. The summed E-state index contributed by atoms with van der Waals surface area (Å²) in [4.78, 5) is 2.42. The Bertz CT molecular complexity index is 3110. The number of rotatable bonds is 5. The van der Waals surface area contributed by atoms with Gasteiger partial charge in [0.15, 0.2) is 0 Å². The SMILES string of the molecule is c1ccc(-c2cccc(N(c3cccc(-c4ccccc4)c3)c3ccc4c(c3)-c3ccccc3C43c4ccccc4-c4c3ccc3c4oc4ccccc43)c2)cc1. The molecule has 0 radical (unpaired) electrons. The molecule has 2 aliphatic rings. The molecule has 1 atom stereocenters. The normalized spacial score (nSPS) is 14.7. The number of fused-ring (bicyclic) bond motifs is 14. The zero-order chi connectivity index (χ0) is 37.5.